The molecular formula is C24H30N2O5. The number of esters is 1. The Hall–Kier alpha value is -2.93. The number of nitrogens with zero attached hydrogens (tertiary/aromatic N) is 2. The highest BCUT2D eigenvalue weighted by Crippen LogP contribution is 2.26. The number of amides is 1. The summed E-state index contributed by atoms with van der Waals surface area (Å²) in [5, 5.41) is 0. The second-order valence-corrected chi connectivity index (χ2v) is 8.05. The fourth-order valence-electron chi connectivity index (χ4n) is 3.97. The van der Waals surface area contributed by atoms with Gasteiger partial charge in [-0.25, -0.2) is 0 Å². The Kier molecular flexibility index (Phi) is 7.28. The normalized spacial score (nSPS) is 16.1. The summed E-state index contributed by atoms with van der Waals surface area (Å²) < 4.78 is 12.5. The van der Waals surface area contributed by atoms with Crippen LogP contribution >= 0.6 is 0 Å². The first-order chi connectivity index (χ1) is 14.8. The molecule has 1 aromatic heterocycles. The van der Waals surface area contributed by atoms with E-state index >= 15 is 0 Å². The number of carbonyl (C=O) groups excluding carboxylic acids is 3. The fraction of sp³-hybridized carbons (Fsp3) is 0.458. The molecule has 1 aliphatic heterocycles. The predicted octanol–water partition coefficient (Wildman–Crippen LogP) is 3.23. The summed E-state index contributed by atoms with van der Waals surface area (Å²) in [6.07, 6.45) is 0.942. The monoisotopic (exact) mass is 426 g/mol. The van der Waals surface area contributed by atoms with Crippen molar-refractivity contribution in [1.29, 1.82) is 0 Å². The minimum absolute atomic E-state index is 0.0922. The van der Waals surface area contributed by atoms with Crippen LogP contribution in [0.5, 0.6) is 0 Å². The van der Waals surface area contributed by atoms with Crippen LogP contribution in [-0.2, 0) is 25.6 Å². The molecule has 1 atom stereocenters. The van der Waals surface area contributed by atoms with Crippen LogP contribution in [0.25, 0.3) is 0 Å². The largest absolute Gasteiger partial charge is 0.457 e. The third-order valence-corrected chi connectivity index (χ3v) is 5.75. The van der Waals surface area contributed by atoms with E-state index in [4.69, 9.17) is 9.47 Å². The van der Waals surface area contributed by atoms with Crippen molar-refractivity contribution in [3.8, 4) is 0 Å². The number of hydrogen-bond acceptors (Lipinski definition) is 5. The van der Waals surface area contributed by atoms with Crippen LogP contribution in [0.15, 0.2) is 30.3 Å². The van der Waals surface area contributed by atoms with Crippen LogP contribution in [0.4, 0.5) is 5.69 Å². The topological polar surface area (TPSA) is 77.8 Å². The molecule has 0 aliphatic carbocycles. The van der Waals surface area contributed by atoms with E-state index in [1.807, 2.05) is 51.1 Å². The summed E-state index contributed by atoms with van der Waals surface area (Å²) in [6, 6.07) is 9.42. The highest BCUT2D eigenvalue weighted by molar-refractivity contribution is 6.01. The maximum absolute atomic E-state index is 12.7. The van der Waals surface area contributed by atoms with Gasteiger partial charge in [0.15, 0.2) is 6.61 Å². The van der Waals surface area contributed by atoms with Crippen molar-refractivity contribution in [3.63, 3.8) is 0 Å². The molecule has 1 amide bonds. The number of ether oxygens (including phenoxy) is 2. The Morgan fingerprint density at radius 2 is 1.84 bits per heavy atom. The van der Waals surface area contributed by atoms with Gasteiger partial charge in [0.2, 0.25) is 11.7 Å². The molecule has 0 N–H and O–H groups in total. The zero-order valence-corrected chi connectivity index (χ0v) is 18.6. The average Bonchev–Trinajstić information content (AvgIpc) is 3.27. The fourth-order valence-corrected chi connectivity index (χ4v) is 3.97. The van der Waals surface area contributed by atoms with Crippen molar-refractivity contribution in [2.24, 2.45) is 5.92 Å². The third kappa shape index (κ3) is 5.22. The molecule has 7 heteroatoms. The van der Waals surface area contributed by atoms with E-state index in [1.54, 1.807) is 12.0 Å². The highest BCUT2D eigenvalue weighted by atomic mass is 16.5. The molecule has 0 saturated carbocycles. The summed E-state index contributed by atoms with van der Waals surface area (Å²) in [7, 11) is 1.66. The molecule has 0 bridgehead atoms. The van der Waals surface area contributed by atoms with Gasteiger partial charge in [-0.2, -0.15) is 0 Å². The molecule has 1 aromatic carbocycles. The number of aryl methyl sites for hydroxylation is 2. The lowest BCUT2D eigenvalue weighted by molar-refractivity contribution is -0.147. The van der Waals surface area contributed by atoms with E-state index in [1.165, 1.54) is 0 Å². The van der Waals surface area contributed by atoms with Gasteiger partial charge in [0, 0.05) is 55.9 Å². The second-order valence-electron chi connectivity index (χ2n) is 8.05. The SMILES string of the molecule is COCCCn1c(C)cc(C(=O)COC(=O)[C@@H]2CC(=O)N(c3ccc(C)cc3)C2)c1C. The van der Waals surface area contributed by atoms with Crippen LogP contribution in [0.2, 0.25) is 0 Å². The number of methoxy groups -OCH3 is 1. The van der Waals surface area contributed by atoms with Gasteiger partial charge in [-0.1, -0.05) is 17.7 Å². The molecule has 166 valence electrons. The average molecular weight is 427 g/mol. The number of rotatable bonds is 9. The van der Waals surface area contributed by atoms with E-state index in [-0.39, 0.29) is 31.3 Å². The highest BCUT2D eigenvalue weighted by Gasteiger charge is 2.36. The van der Waals surface area contributed by atoms with Crippen molar-refractivity contribution in [3.05, 3.63) is 52.8 Å². The Bertz CT molecular complexity index is 961. The van der Waals surface area contributed by atoms with Crippen molar-refractivity contribution in [1.82, 2.24) is 4.57 Å². The van der Waals surface area contributed by atoms with E-state index in [2.05, 4.69) is 4.57 Å². The van der Waals surface area contributed by atoms with E-state index in [9.17, 15) is 14.4 Å². The molecule has 31 heavy (non-hydrogen) atoms. The first-order valence-electron chi connectivity index (χ1n) is 10.5. The number of hydrogen-bond donors (Lipinski definition) is 0. The molecule has 1 saturated heterocycles. The maximum Gasteiger partial charge on any atom is 0.311 e. The van der Waals surface area contributed by atoms with Crippen LogP contribution < -0.4 is 4.90 Å². The lowest BCUT2D eigenvalue weighted by atomic mass is 10.1. The Labute approximate surface area is 182 Å². The minimum Gasteiger partial charge on any atom is -0.457 e. The predicted molar refractivity (Wildman–Crippen MR) is 117 cm³/mol. The summed E-state index contributed by atoms with van der Waals surface area (Å²) in [5.41, 5.74) is 4.27. The first-order valence-corrected chi connectivity index (χ1v) is 10.5. The lowest BCUT2D eigenvalue weighted by Crippen LogP contribution is -2.27. The molecule has 2 heterocycles. The number of aromatic nitrogens is 1. The summed E-state index contributed by atoms with van der Waals surface area (Å²) in [4.78, 5) is 39.2. The van der Waals surface area contributed by atoms with Crippen molar-refractivity contribution in [2.75, 3.05) is 31.8 Å². The Morgan fingerprint density at radius 1 is 1.13 bits per heavy atom. The summed E-state index contributed by atoms with van der Waals surface area (Å²) >= 11 is 0. The van der Waals surface area contributed by atoms with Gasteiger partial charge in [-0.3, -0.25) is 14.4 Å². The van der Waals surface area contributed by atoms with Crippen molar-refractivity contribution < 1.29 is 23.9 Å². The van der Waals surface area contributed by atoms with Crippen molar-refractivity contribution >= 4 is 23.3 Å². The Balaban J connectivity index is 1.57. The molecule has 0 unspecified atom stereocenters. The van der Waals surface area contributed by atoms with Gasteiger partial charge in [0.25, 0.3) is 0 Å². The molecule has 3 rings (SSSR count). The van der Waals surface area contributed by atoms with Gasteiger partial charge in [-0.05, 0) is 45.4 Å². The van der Waals surface area contributed by atoms with Crippen LogP contribution in [0.3, 0.4) is 0 Å². The minimum atomic E-state index is -0.567. The summed E-state index contributed by atoms with van der Waals surface area (Å²) in [5.74, 6) is -1.43. The number of Topliss-reactive ketones (excluding diaryl/α,β-unsaturated/α-hetero) is 1. The number of benzene rings is 1. The van der Waals surface area contributed by atoms with E-state index in [0.29, 0.717) is 12.2 Å². The number of carbonyl (C=O) groups is 3. The first kappa shape index (κ1) is 22.7. The number of ketones is 1. The van der Waals surface area contributed by atoms with E-state index in [0.717, 1.165) is 35.6 Å². The lowest BCUT2D eigenvalue weighted by Gasteiger charge is -2.16. The van der Waals surface area contributed by atoms with Gasteiger partial charge < -0.3 is 18.9 Å². The third-order valence-electron chi connectivity index (χ3n) is 5.75. The van der Waals surface area contributed by atoms with Crippen molar-refractivity contribution in [2.45, 2.75) is 40.2 Å². The van der Waals surface area contributed by atoms with E-state index < -0.39 is 11.9 Å². The molecule has 1 aliphatic rings. The zero-order chi connectivity index (χ0) is 22.5. The molecule has 7 nitrogen and oxygen atoms in total. The molecule has 0 spiro atoms. The molecule has 0 radical (unpaired) electrons. The summed E-state index contributed by atoms with van der Waals surface area (Å²) in [6.45, 7) is 7.18. The standard InChI is InChI=1S/C24H30N2O5/c1-16-6-8-20(9-7-16)26-14-19(13-23(26)28)24(29)31-15-22(27)21-12-17(2)25(18(21)3)10-5-11-30-4/h6-9,12,19H,5,10-11,13-15H2,1-4H3/t19-/m1/s1. The Morgan fingerprint density at radius 3 is 2.52 bits per heavy atom. The van der Waals surface area contributed by atoms with Gasteiger partial charge in [-0.15, -0.1) is 0 Å². The quantitative estimate of drug-likeness (QED) is 0.350. The smallest absolute Gasteiger partial charge is 0.311 e. The molecule has 2 aromatic rings. The van der Waals surface area contributed by atoms with Gasteiger partial charge in [0.1, 0.15) is 0 Å². The number of anilines is 1. The van der Waals surface area contributed by atoms with Crippen LogP contribution in [-0.4, -0.2) is 49.1 Å². The zero-order valence-electron chi connectivity index (χ0n) is 18.6. The van der Waals surface area contributed by atoms with Gasteiger partial charge in [0.05, 0.1) is 5.92 Å². The molecule has 1 fully saturated rings. The second kappa shape index (κ2) is 9.92. The van der Waals surface area contributed by atoms with Crippen LogP contribution in [0, 0.1) is 26.7 Å². The van der Waals surface area contributed by atoms with Crippen LogP contribution in [0.1, 0.15) is 40.2 Å². The molecular weight excluding hydrogens is 396 g/mol. The maximum atomic E-state index is 12.7. The van der Waals surface area contributed by atoms with Gasteiger partial charge >= 0.3 is 5.97 Å².